The van der Waals surface area contributed by atoms with E-state index in [2.05, 4.69) is 41.6 Å². The standard InChI is InChI=1S/C11H8Br2N2O4S2/c1-5-14-4-9(20-5)21(18,19)15-10-7(11(16)17)2-6(12)3-8(10)13/h2-4,15H,1H3,(H,16,17). The Bertz CT molecular complexity index is 818. The number of carboxylic acids is 1. The van der Waals surface area contributed by atoms with Crippen molar-refractivity contribution < 1.29 is 18.3 Å². The average molecular weight is 456 g/mol. The number of nitrogens with one attached hydrogen (secondary N) is 1. The number of nitrogens with zero attached hydrogens (tertiary/aromatic N) is 1. The first-order valence-electron chi connectivity index (χ1n) is 5.38. The lowest BCUT2D eigenvalue weighted by Crippen LogP contribution is -2.15. The molecule has 2 aromatic rings. The lowest BCUT2D eigenvalue weighted by Gasteiger charge is -2.11. The van der Waals surface area contributed by atoms with Crippen molar-refractivity contribution in [3.8, 4) is 0 Å². The molecule has 0 fully saturated rings. The van der Waals surface area contributed by atoms with Crippen molar-refractivity contribution >= 4 is 64.9 Å². The molecule has 0 unspecified atom stereocenters. The number of sulfonamides is 1. The van der Waals surface area contributed by atoms with Crippen LogP contribution in [0, 0.1) is 6.92 Å². The van der Waals surface area contributed by atoms with Gasteiger partial charge in [0, 0.05) is 8.95 Å². The van der Waals surface area contributed by atoms with E-state index in [-0.39, 0.29) is 15.5 Å². The molecule has 0 saturated carbocycles. The monoisotopic (exact) mass is 454 g/mol. The molecule has 0 amide bonds. The third-order valence-electron chi connectivity index (χ3n) is 2.39. The summed E-state index contributed by atoms with van der Waals surface area (Å²) in [6.45, 7) is 1.68. The molecule has 21 heavy (non-hydrogen) atoms. The van der Waals surface area contributed by atoms with Crippen LogP contribution in [0.5, 0.6) is 0 Å². The Morgan fingerprint density at radius 2 is 2.05 bits per heavy atom. The molecule has 0 saturated heterocycles. The summed E-state index contributed by atoms with van der Waals surface area (Å²) in [6.07, 6.45) is 1.23. The average Bonchev–Trinajstić information content (AvgIpc) is 2.79. The first-order chi connectivity index (χ1) is 9.70. The summed E-state index contributed by atoms with van der Waals surface area (Å²) in [5.74, 6) is -1.24. The highest BCUT2D eigenvalue weighted by atomic mass is 79.9. The molecule has 0 bridgehead atoms. The predicted molar refractivity (Wildman–Crippen MR) is 86.5 cm³/mol. The SMILES string of the molecule is Cc1ncc(S(=O)(=O)Nc2c(Br)cc(Br)cc2C(=O)O)s1. The Hall–Kier alpha value is -0.970. The van der Waals surface area contributed by atoms with Crippen LogP contribution in [0.15, 0.2) is 31.5 Å². The highest BCUT2D eigenvalue weighted by molar-refractivity contribution is 9.11. The van der Waals surface area contributed by atoms with Crippen molar-refractivity contribution in [2.75, 3.05) is 4.72 Å². The van der Waals surface area contributed by atoms with Crippen LogP contribution in [0.2, 0.25) is 0 Å². The number of rotatable bonds is 4. The molecule has 2 N–H and O–H groups in total. The maximum absolute atomic E-state index is 12.3. The number of carbonyl (C=O) groups is 1. The van der Waals surface area contributed by atoms with Gasteiger partial charge in [-0.05, 0) is 35.0 Å². The number of aromatic nitrogens is 1. The summed E-state index contributed by atoms with van der Waals surface area (Å²) in [7, 11) is -3.89. The van der Waals surface area contributed by atoms with E-state index in [4.69, 9.17) is 0 Å². The molecule has 6 nitrogen and oxygen atoms in total. The number of benzene rings is 1. The number of aryl methyl sites for hydroxylation is 1. The summed E-state index contributed by atoms with van der Waals surface area (Å²) in [4.78, 5) is 15.1. The number of aromatic carboxylic acids is 1. The lowest BCUT2D eigenvalue weighted by atomic mass is 10.2. The minimum absolute atomic E-state index is 0.0196. The molecule has 0 aliphatic carbocycles. The Balaban J connectivity index is 2.51. The van der Waals surface area contributed by atoms with Gasteiger partial charge in [-0.3, -0.25) is 4.72 Å². The topological polar surface area (TPSA) is 96.4 Å². The van der Waals surface area contributed by atoms with E-state index in [1.165, 1.54) is 12.3 Å². The maximum Gasteiger partial charge on any atom is 0.337 e. The molecule has 10 heteroatoms. The number of thiazole rings is 1. The summed E-state index contributed by atoms with van der Waals surface area (Å²) in [5, 5.41) is 9.80. The number of hydrogen-bond donors (Lipinski definition) is 2. The highest BCUT2D eigenvalue weighted by Crippen LogP contribution is 2.33. The van der Waals surface area contributed by atoms with Crippen LogP contribution in [-0.2, 0) is 10.0 Å². The normalized spacial score (nSPS) is 11.4. The van der Waals surface area contributed by atoms with E-state index >= 15 is 0 Å². The highest BCUT2D eigenvalue weighted by Gasteiger charge is 2.23. The van der Waals surface area contributed by atoms with Gasteiger partial charge < -0.3 is 5.11 Å². The first-order valence-corrected chi connectivity index (χ1v) is 9.27. The largest absolute Gasteiger partial charge is 0.478 e. The van der Waals surface area contributed by atoms with E-state index in [0.29, 0.717) is 14.0 Å². The van der Waals surface area contributed by atoms with Crippen LogP contribution in [0.25, 0.3) is 0 Å². The number of hydrogen-bond acceptors (Lipinski definition) is 5. The number of halogens is 2. The van der Waals surface area contributed by atoms with Gasteiger partial charge in [0.2, 0.25) is 0 Å². The van der Waals surface area contributed by atoms with E-state index in [1.54, 1.807) is 13.0 Å². The fourth-order valence-corrected chi connectivity index (χ4v) is 5.16. The zero-order valence-corrected chi connectivity index (χ0v) is 15.2. The van der Waals surface area contributed by atoms with Crippen molar-refractivity contribution in [3.63, 3.8) is 0 Å². The van der Waals surface area contributed by atoms with Crippen LogP contribution < -0.4 is 4.72 Å². The lowest BCUT2D eigenvalue weighted by molar-refractivity contribution is 0.0698. The maximum atomic E-state index is 12.3. The van der Waals surface area contributed by atoms with Gasteiger partial charge in [0.25, 0.3) is 10.0 Å². The van der Waals surface area contributed by atoms with Gasteiger partial charge in [-0.25, -0.2) is 18.2 Å². The van der Waals surface area contributed by atoms with Gasteiger partial charge in [0.05, 0.1) is 22.5 Å². The van der Waals surface area contributed by atoms with Gasteiger partial charge in [-0.15, -0.1) is 11.3 Å². The predicted octanol–water partition coefficient (Wildman–Crippen LogP) is 3.48. The van der Waals surface area contributed by atoms with E-state index in [0.717, 1.165) is 11.3 Å². The van der Waals surface area contributed by atoms with Gasteiger partial charge in [0.15, 0.2) is 4.21 Å². The third kappa shape index (κ3) is 3.62. The van der Waals surface area contributed by atoms with E-state index in [1.807, 2.05) is 0 Å². The van der Waals surface area contributed by atoms with E-state index in [9.17, 15) is 18.3 Å². The van der Waals surface area contributed by atoms with Crippen LogP contribution in [-0.4, -0.2) is 24.5 Å². The van der Waals surface area contributed by atoms with Gasteiger partial charge in [-0.1, -0.05) is 15.9 Å². The molecule has 0 aliphatic rings. The fourth-order valence-electron chi connectivity index (χ4n) is 1.50. The molecule has 112 valence electrons. The molecule has 2 rings (SSSR count). The van der Waals surface area contributed by atoms with Gasteiger partial charge >= 0.3 is 5.97 Å². The van der Waals surface area contributed by atoms with Crippen LogP contribution in [0.4, 0.5) is 5.69 Å². The zero-order valence-electron chi connectivity index (χ0n) is 10.4. The van der Waals surface area contributed by atoms with Crippen molar-refractivity contribution in [2.24, 2.45) is 0 Å². The Morgan fingerprint density at radius 3 is 2.57 bits per heavy atom. The zero-order chi connectivity index (χ0) is 15.8. The minimum atomic E-state index is -3.89. The quantitative estimate of drug-likeness (QED) is 0.735. The van der Waals surface area contributed by atoms with Crippen molar-refractivity contribution in [1.82, 2.24) is 4.98 Å². The third-order valence-corrected chi connectivity index (χ3v) is 6.19. The van der Waals surface area contributed by atoms with Crippen molar-refractivity contribution in [1.29, 1.82) is 0 Å². The van der Waals surface area contributed by atoms with E-state index < -0.39 is 16.0 Å². The second-order valence-electron chi connectivity index (χ2n) is 3.92. The second kappa shape index (κ2) is 6.03. The fraction of sp³-hybridized carbons (Fsp3) is 0.0909. The van der Waals surface area contributed by atoms with Gasteiger partial charge in [0.1, 0.15) is 0 Å². The second-order valence-corrected chi connectivity index (χ2v) is 8.83. The van der Waals surface area contributed by atoms with Crippen LogP contribution in [0.1, 0.15) is 15.4 Å². The Morgan fingerprint density at radius 1 is 1.38 bits per heavy atom. The number of anilines is 1. The van der Waals surface area contributed by atoms with Crippen molar-refractivity contribution in [2.45, 2.75) is 11.1 Å². The van der Waals surface area contributed by atoms with Crippen LogP contribution in [0.3, 0.4) is 0 Å². The summed E-state index contributed by atoms with van der Waals surface area (Å²) < 4.78 is 27.7. The molecule has 1 aromatic heterocycles. The van der Waals surface area contributed by atoms with Gasteiger partial charge in [-0.2, -0.15) is 0 Å². The van der Waals surface area contributed by atoms with Crippen molar-refractivity contribution in [3.05, 3.63) is 37.8 Å². The molecule has 0 aliphatic heterocycles. The molecule has 0 radical (unpaired) electrons. The summed E-state index contributed by atoms with van der Waals surface area (Å²) >= 11 is 7.33. The Labute approximate surface area is 141 Å². The molecule has 1 heterocycles. The first kappa shape index (κ1) is 16.4. The van der Waals surface area contributed by atoms with Crippen LogP contribution >= 0.6 is 43.2 Å². The Kier molecular flexibility index (Phi) is 4.71. The smallest absolute Gasteiger partial charge is 0.337 e. The molecular formula is C11H8Br2N2O4S2. The summed E-state index contributed by atoms with van der Waals surface area (Å²) in [6, 6.07) is 2.88. The molecule has 1 aromatic carbocycles. The summed E-state index contributed by atoms with van der Waals surface area (Å²) in [5.41, 5.74) is -0.196. The molecule has 0 spiro atoms. The number of carboxylic acid groups (broad SMARTS) is 1. The molecule has 0 atom stereocenters. The molecular weight excluding hydrogens is 448 g/mol. The minimum Gasteiger partial charge on any atom is -0.478 e.